The molecular formula is C34H34Cl3N5O5. The Morgan fingerprint density at radius 1 is 0.915 bits per heavy atom. The summed E-state index contributed by atoms with van der Waals surface area (Å²) in [5, 5.41) is 0.803. The molecule has 13 heteroatoms. The van der Waals surface area contributed by atoms with Crippen molar-refractivity contribution in [2.75, 3.05) is 12.4 Å². The monoisotopic (exact) mass is 697 g/mol. The zero-order valence-electron chi connectivity index (χ0n) is 26.5. The summed E-state index contributed by atoms with van der Waals surface area (Å²) in [5.74, 6) is 1.31. The van der Waals surface area contributed by atoms with Crippen LogP contribution in [-0.4, -0.2) is 60.1 Å². The van der Waals surface area contributed by atoms with Crippen LogP contribution in [0.1, 0.15) is 66.2 Å². The summed E-state index contributed by atoms with van der Waals surface area (Å²) in [5.41, 5.74) is 4.23. The molecule has 2 amide bonds. The standard InChI is InChI=1S/C34H34Cl3N5O5/c1-34(2,3)47-33(45)41-14-12-25-23(16-41)38-31(40(25)4)26(43)15-19-7-5-8-20(29(19)36)21-9-6-10-22(30(21)37)32-39-24-17-42(18-27(24)46-32)28(44)11-13-35/h5-10H,11-18H2,1-4H3. The van der Waals surface area contributed by atoms with Crippen LogP contribution in [0.4, 0.5) is 4.79 Å². The van der Waals surface area contributed by atoms with E-state index in [2.05, 4.69) is 9.97 Å². The summed E-state index contributed by atoms with van der Waals surface area (Å²) in [4.78, 5) is 51.1. The smallest absolute Gasteiger partial charge is 0.410 e. The Balaban J connectivity index is 1.21. The topological polar surface area (TPSA) is 111 Å². The van der Waals surface area contributed by atoms with Crippen LogP contribution in [0.25, 0.3) is 22.6 Å². The zero-order valence-corrected chi connectivity index (χ0v) is 28.8. The van der Waals surface area contributed by atoms with Gasteiger partial charge in [-0.1, -0.05) is 53.5 Å². The van der Waals surface area contributed by atoms with Crippen LogP contribution in [0.2, 0.25) is 10.0 Å². The highest BCUT2D eigenvalue weighted by molar-refractivity contribution is 6.38. The van der Waals surface area contributed by atoms with Crippen LogP contribution in [0, 0.1) is 0 Å². The summed E-state index contributed by atoms with van der Waals surface area (Å²) < 4.78 is 13.4. The number of alkyl halides is 1. The van der Waals surface area contributed by atoms with Crippen LogP contribution >= 0.6 is 34.8 Å². The Hall–Kier alpha value is -3.86. The fraction of sp³-hybridized carbons (Fsp3) is 0.382. The molecule has 10 nitrogen and oxygen atoms in total. The van der Waals surface area contributed by atoms with Gasteiger partial charge in [0.2, 0.25) is 17.6 Å². The maximum Gasteiger partial charge on any atom is 0.410 e. The lowest BCUT2D eigenvalue weighted by molar-refractivity contribution is -0.131. The number of rotatable bonds is 7. The summed E-state index contributed by atoms with van der Waals surface area (Å²) in [6.07, 6.45) is 0.445. The number of aromatic nitrogens is 3. The highest BCUT2D eigenvalue weighted by Gasteiger charge is 2.31. The van der Waals surface area contributed by atoms with Gasteiger partial charge in [-0.05, 0) is 32.4 Å². The molecule has 6 rings (SSSR count). The molecule has 0 fully saturated rings. The minimum atomic E-state index is -0.604. The fourth-order valence-electron chi connectivity index (χ4n) is 5.91. The van der Waals surface area contributed by atoms with Gasteiger partial charge < -0.3 is 23.5 Å². The van der Waals surface area contributed by atoms with Gasteiger partial charge in [0.1, 0.15) is 17.1 Å². The quantitative estimate of drug-likeness (QED) is 0.148. The lowest BCUT2D eigenvalue weighted by Crippen LogP contribution is -2.40. The van der Waals surface area contributed by atoms with Crippen molar-refractivity contribution < 1.29 is 23.5 Å². The molecule has 0 saturated carbocycles. The highest BCUT2D eigenvalue weighted by Crippen LogP contribution is 2.41. The van der Waals surface area contributed by atoms with E-state index in [9.17, 15) is 14.4 Å². The number of carbonyl (C=O) groups excluding carboxylic acids is 3. The molecule has 0 N–H and O–H groups in total. The number of Topliss-reactive ketones (excluding diaryl/α,β-unsaturated/α-hetero) is 1. The Morgan fingerprint density at radius 2 is 1.60 bits per heavy atom. The predicted octanol–water partition coefficient (Wildman–Crippen LogP) is 7.24. The SMILES string of the molecule is Cn1c(C(=O)Cc2cccc(-c3cccc(-c4nc5c(o4)CN(C(=O)CCCl)C5)c3Cl)c2Cl)nc2c1CCN(C(=O)OC(C)(C)C)C2. The van der Waals surface area contributed by atoms with E-state index in [-0.39, 0.29) is 37.0 Å². The number of fused-ring (bicyclic) bond motifs is 2. The molecule has 0 bridgehead atoms. The molecule has 0 saturated heterocycles. The first-order valence-corrected chi connectivity index (χ1v) is 16.6. The molecule has 0 aliphatic carbocycles. The Bertz CT molecular complexity index is 1870. The largest absolute Gasteiger partial charge is 0.444 e. The minimum Gasteiger partial charge on any atom is -0.444 e. The average molecular weight is 699 g/mol. The molecule has 0 unspecified atom stereocenters. The molecule has 246 valence electrons. The number of imidazole rings is 1. The summed E-state index contributed by atoms with van der Waals surface area (Å²) in [7, 11) is 1.82. The molecule has 2 aromatic carbocycles. The van der Waals surface area contributed by atoms with E-state index in [1.165, 1.54) is 0 Å². The second-order valence-corrected chi connectivity index (χ2v) is 13.8. The molecule has 4 aromatic rings. The highest BCUT2D eigenvalue weighted by atomic mass is 35.5. The number of hydrogen-bond donors (Lipinski definition) is 0. The molecular weight excluding hydrogens is 665 g/mol. The van der Waals surface area contributed by atoms with Crippen LogP contribution in [0.15, 0.2) is 40.8 Å². The Kier molecular flexibility index (Phi) is 9.13. The number of oxazole rings is 1. The predicted molar refractivity (Wildman–Crippen MR) is 179 cm³/mol. The van der Waals surface area contributed by atoms with Crippen molar-refractivity contribution in [1.29, 1.82) is 0 Å². The summed E-state index contributed by atoms with van der Waals surface area (Å²) in [6.45, 7) is 6.92. The van der Waals surface area contributed by atoms with E-state index in [4.69, 9.17) is 44.0 Å². The molecule has 0 radical (unpaired) electrons. The molecule has 0 spiro atoms. The third-order valence-corrected chi connectivity index (χ3v) is 9.26. The molecule has 0 atom stereocenters. The minimum absolute atomic E-state index is 0.0227. The molecule has 2 aliphatic rings. The van der Waals surface area contributed by atoms with Crippen molar-refractivity contribution in [3.63, 3.8) is 0 Å². The number of amides is 2. The van der Waals surface area contributed by atoms with Gasteiger partial charge >= 0.3 is 6.09 Å². The van der Waals surface area contributed by atoms with Gasteiger partial charge in [-0.25, -0.2) is 14.8 Å². The number of ether oxygens (including phenoxy) is 1. The van der Waals surface area contributed by atoms with Gasteiger partial charge in [0.25, 0.3) is 0 Å². The lowest BCUT2D eigenvalue weighted by atomic mass is 9.98. The van der Waals surface area contributed by atoms with E-state index in [0.717, 1.165) is 5.69 Å². The van der Waals surface area contributed by atoms with E-state index in [1.54, 1.807) is 9.80 Å². The van der Waals surface area contributed by atoms with Gasteiger partial charge in [-0.15, -0.1) is 11.6 Å². The number of hydrogen-bond acceptors (Lipinski definition) is 7. The second kappa shape index (κ2) is 13.0. The zero-order chi connectivity index (χ0) is 33.6. The molecule has 2 aromatic heterocycles. The maximum absolute atomic E-state index is 13.6. The van der Waals surface area contributed by atoms with Crippen LogP contribution in [0.5, 0.6) is 0 Å². The summed E-state index contributed by atoms with van der Waals surface area (Å²) >= 11 is 19.6. The number of ketones is 1. The van der Waals surface area contributed by atoms with Crippen molar-refractivity contribution >= 4 is 52.6 Å². The Labute approximate surface area is 287 Å². The number of halogens is 3. The third-order valence-electron chi connectivity index (χ3n) is 8.22. The third kappa shape index (κ3) is 6.64. The first kappa shape index (κ1) is 33.1. The summed E-state index contributed by atoms with van der Waals surface area (Å²) in [6, 6.07) is 11.0. The van der Waals surface area contributed by atoms with Gasteiger partial charge in [-0.2, -0.15) is 0 Å². The van der Waals surface area contributed by atoms with Crippen molar-refractivity contribution in [3.8, 4) is 22.6 Å². The fourth-order valence-corrected chi connectivity index (χ4v) is 6.68. The molecule has 47 heavy (non-hydrogen) atoms. The molecule has 4 heterocycles. The van der Waals surface area contributed by atoms with E-state index < -0.39 is 11.7 Å². The van der Waals surface area contributed by atoms with E-state index in [1.807, 2.05) is 68.8 Å². The number of carbonyl (C=O) groups is 3. The first-order valence-electron chi connectivity index (χ1n) is 15.3. The van der Waals surface area contributed by atoms with Crippen molar-refractivity contribution in [2.24, 2.45) is 7.05 Å². The van der Waals surface area contributed by atoms with Crippen molar-refractivity contribution in [3.05, 3.63) is 80.7 Å². The Morgan fingerprint density at radius 3 is 2.30 bits per heavy atom. The average Bonchev–Trinajstić information content (AvgIpc) is 3.69. The second-order valence-electron chi connectivity index (χ2n) is 12.7. The van der Waals surface area contributed by atoms with Crippen LogP contribution in [-0.2, 0) is 49.1 Å². The molecule has 2 aliphatic heterocycles. The lowest BCUT2D eigenvalue weighted by Gasteiger charge is -2.29. The number of nitrogens with zero attached hydrogens (tertiary/aromatic N) is 5. The van der Waals surface area contributed by atoms with Gasteiger partial charge in [0, 0.05) is 55.6 Å². The van der Waals surface area contributed by atoms with Gasteiger partial charge in [0.05, 0.1) is 40.9 Å². The van der Waals surface area contributed by atoms with E-state index >= 15 is 0 Å². The van der Waals surface area contributed by atoms with Crippen molar-refractivity contribution in [1.82, 2.24) is 24.3 Å². The van der Waals surface area contributed by atoms with Crippen LogP contribution in [0.3, 0.4) is 0 Å². The number of benzene rings is 2. The normalized spacial score (nSPS) is 14.3. The van der Waals surface area contributed by atoms with E-state index in [0.29, 0.717) is 87.2 Å². The van der Waals surface area contributed by atoms with Gasteiger partial charge in [-0.3, -0.25) is 9.59 Å². The van der Waals surface area contributed by atoms with Crippen molar-refractivity contribution in [2.45, 2.75) is 65.3 Å². The van der Waals surface area contributed by atoms with Gasteiger partial charge in [0.15, 0.2) is 5.82 Å². The first-order chi connectivity index (χ1) is 22.3. The maximum atomic E-state index is 13.6. The van der Waals surface area contributed by atoms with Crippen LogP contribution < -0.4 is 0 Å².